The zero-order valence-electron chi connectivity index (χ0n) is 13.5. The van der Waals surface area contributed by atoms with Gasteiger partial charge in [-0.1, -0.05) is 6.07 Å². The molecule has 0 bridgehead atoms. The molecular formula is C16H23N3O3. The third-order valence-electron chi connectivity index (χ3n) is 3.47. The van der Waals surface area contributed by atoms with Crippen LogP contribution < -0.4 is 5.32 Å². The number of hydrogen-bond donors (Lipinski definition) is 1. The van der Waals surface area contributed by atoms with Gasteiger partial charge in [-0.15, -0.1) is 0 Å². The largest absolute Gasteiger partial charge is 0.372 e. The van der Waals surface area contributed by atoms with E-state index in [1.807, 2.05) is 13.8 Å². The maximum Gasteiger partial charge on any atom is 0.322 e. The molecule has 0 saturated carbocycles. The van der Waals surface area contributed by atoms with E-state index in [-0.39, 0.29) is 24.1 Å². The van der Waals surface area contributed by atoms with Crippen molar-refractivity contribution in [2.24, 2.45) is 0 Å². The van der Waals surface area contributed by atoms with Crippen LogP contribution in [0.15, 0.2) is 24.3 Å². The molecule has 1 aromatic carbocycles. The fraction of sp³-hybridized carbons (Fsp3) is 0.500. The van der Waals surface area contributed by atoms with Gasteiger partial charge in [0.15, 0.2) is 0 Å². The normalized spacial score (nSPS) is 21.4. The van der Waals surface area contributed by atoms with Crippen LogP contribution >= 0.6 is 0 Å². The maximum absolute atomic E-state index is 12.3. The molecule has 2 rings (SSSR count). The molecule has 1 aromatic rings. The quantitative estimate of drug-likeness (QED) is 0.909. The molecule has 1 N–H and O–H groups in total. The second kappa shape index (κ2) is 6.79. The molecule has 6 nitrogen and oxygen atoms in total. The van der Waals surface area contributed by atoms with Crippen molar-refractivity contribution in [3.8, 4) is 0 Å². The summed E-state index contributed by atoms with van der Waals surface area (Å²) < 4.78 is 5.62. The Morgan fingerprint density at radius 2 is 1.86 bits per heavy atom. The molecule has 22 heavy (non-hydrogen) atoms. The number of nitrogens with one attached hydrogen (secondary N) is 1. The van der Waals surface area contributed by atoms with Crippen LogP contribution in [0.4, 0.5) is 10.5 Å². The number of rotatable bonds is 2. The Bertz CT molecular complexity index is 549. The van der Waals surface area contributed by atoms with E-state index in [1.165, 1.54) is 4.90 Å². The molecule has 0 aromatic heterocycles. The van der Waals surface area contributed by atoms with Crippen molar-refractivity contribution in [2.75, 3.05) is 32.5 Å². The molecule has 1 heterocycles. The molecular weight excluding hydrogens is 282 g/mol. The van der Waals surface area contributed by atoms with Crippen LogP contribution in [0.5, 0.6) is 0 Å². The lowest BCUT2D eigenvalue weighted by Gasteiger charge is -2.35. The Labute approximate surface area is 131 Å². The van der Waals surface area contributed by atoms with Crippen LogP contribution in [-0.4, -0.2) is 61.1 Å². The number of ether oxygens (including phenoxy) is 1. The molecule has 0 spiro atoms. The SMILES string of the molecule is C[C@H]1CN(C(=O)Nc2cccc(C(=O)N(C)C)c2)C[C@H](C)O1. The number of hydrogen-bond acceptors (Lipinski definition) is 3. The Morgan fingerprint density at radius 1 is 1.23 bits per heavy atom. The molecule has 120 valence electrons. The summed E-state index contributed by atoms with van der Waals surface area (Å²) >= 11 is 0. The van der Waals surface area contributed by atoms with E-state index in [0.29, 0.717) is 24.3 Å². The van der Waals surface area contributed by atoms with Gasteiger partial charge in [-0.25, -0.2) is 4.79 Å². The highest BCUT2D eigenvalue weighted by Crippen LogP contribution is 2.15. The predicted octanol–water partition coefficient (Wildman–Crippen LogP) is 2.03. The van der Waals surface area contributed by atoms with Gasteiger partial charge in [0.2, 0.25) is 0 Å². The molecule has 1 aliphatic heterocycles. The van der Waals surface area contributed by atoms with Gasteiger partial charge in [0.25, 0.3) is 5.91 Å². The topological polar surface area (TPSA) is 61.9 Å². The van der Waals surface area contributed by atoms with Gasteiger partial charge in [-0.2, -0.15) is 0 Å². The average Bonchev–Trinajstić information content (AvgIpc) is 2.45. The molecule has 1 fully saturated rings. The maximum atomic E-state index is 12.3. The van der Waals surface area contributed by atoms with Crippen LogP contribution in [-0.2, 0) is 4.74 Å². The van der Waals surface area contributed by atoms with E-state index < -0.39 is 0 Å². The van der Waals surface area contributed by atoms with Crippen LogP contribution in [0, 0.1) is 0 Å². The lowest BCUT2D eigenvalue weighted by Crippen LogP contribution is -2.49. The van der Waals surface area contributed by atoms with Crippen molar-refractivity contribution < 1.29 is 14.3 Å². The first-order chi connectivity index (χ1) is 10.4. The minimum Gasteiger partial charge on any atom is -0.372 e. The number of morpholine rings is 1. The van der Waals surface area contributed by atoms with Crippen LogP contribution in [0.1, 0.15) is 24.2 Å². The minimum absolute atomic E-state index is 0.0242. The third kappa shape index (κ3) is 3.98. The number of benzene rings is 1. The lowest BCUT2D eigenvalue weighted by atomic mass is 10.2. The van der Waals surface area contributed by atoms with Gasteiger partial charge in [-0.05, 0) is 32.0 Å². The molecule has 1 saturated heterocycles. The number of urea groups is 1. The van der Waals surface area contributed by atoms with E-state index in [0.717, 1.165) is 0 Å². The second-order valence-electron chi connectivity index (χ2n) is 5.87. The van der Waals surface area contributed by atoms with Gasteiger partial charge in [-0.3, -0.25) is 4.79 Å². The Kier molecular flexibility index (Phi) is 5.03. The second-order valence-corrected chi connectivity index (χ2v) is 5.87. The van der Waals surface area contributed by atoms with Gasteiger partial charge in [0.1, 0.15) is 0 Å². The van der Waals surface area contributed by atoms with E-state index in [9.17, 15) is 9.59 Å². The van der Waals surface area contributed by atoms with Gasteiger partial charge in [0, 0.05) is 38.4 Å². The van der Waals surface area contributed by atoms with E-state index in [4.69, 9.17) is 4.74 Å². The van der Waals surface area contributed by atoms with E-state index >= 15 is 0 Å². The fourth-order valence-corrected chi connectivity index (χ4v) is 2.53. The van der Waals surface area contributed by atoms with Gasteiger partial charge >= 0.3 is 6.03 Å². The summed E-state index contributed by atoms with van der Waals surface area (Å²) in [4.78, 5) is 27.5. The fourth-order valence-electron chi connectivity index (χ4n) is 2.53. The predicted molar refractivity (Wildman–Crippen MR) is 85.1 cm³/mol. The molecule has 0 radical (unpaired) electrons. The van der Waals surface area contributed by atoms with Crippen molar-refractivity contribution in [1.29, 1.82) is 0 Å². The van der Waals surface area contributed by atoms with Crippen LogP contribution in [0.3, 0.4) is 0 Å². The molecule has 0 unspecified atom stereocenters. The number of carbonyl (C=O) groups excluding carboxylic acids is 2. The number of anilines is 1. The minimum atomic E-state index is -0.170. The third-order valence-corrected chi connectivity index (χ3v) is 3.47. The van der Waals surface area contributed by atoms with Gasteiger partial charge in [0.05, 0.1) is 12.2 Å². The van der Waals surface area contributed by atoms with Crippen LogP contribution in [0.2, 0.25) is 0 Å². The highest BCUT2D eigenvalue weighted by Gasteiger charge is 2.25. The summed E-state index contributed by atoms with van der Waals surface area (Å²) in [6.07, 6.45) is 0.0484. The molecule has 6 heteroatoms. The molecule has 2 atom stereocenters. The van der Waals surface area contributed by atoms with Crippen molar-refractivity contribution >= 4 is 17.6 Å². The zero-order chi connectivity index (χ0) is 16.3. The smallest absolute Gasteiger partial charge is 0.322 e. The van der Waals surface area contributed by atoms with Crippen molar-refractivity contribution in [2.45, 2.75) is 26.1 Å². The van der Waals surface area contributed by atoms with Crippen LogP contribution in [0.25, 0.3) is 0 Å². The standard InChI is InChI=1S/C16H23N3O3/c1-11-9-19(10-12(2)22-11)16(21)17-14-7-5-6-13(8-14)15(20)18(3)4/h5-8,11-12H,9-10H2,1-4H3,(H,17,21)/t11-,12-/m0/s1. The summed E-state index contributed by atoms with van der Waals surface area (Å²) in [6, 6.07) is 6.79. The Hall–Kier alpha value is -2.08. The summed E-state index contributed by atoms with van der Waals surface area (Å²) in [5, 5.41) is 2.85. The molecule has 3 amide bonds. The first-order valence-corrected chi connectivity index (χ1v) is 7.40. The summed E-state index contributed by atoms with van der Waals surface area (Å²) in [5.74, 6) is -0.0929. The van der Waals surface area contributed by atoms with Crippen molar-refractivity contribution in [3.63, 3.8) is 0 Å². The highest BCUT2D eigenvalue weighted by molar-refractivity contribution is 5.96. The van der Waals surface area contributed by atoms with Crippen molar-refractivity contribution in [1.82, 2.24) is 9.80 Å². The summed E-state index contributed by atoms with van der Waals surface area (Å²) in [7, 11) is 3.40. The zero-order valence-corrected chi connectivity index (χ0v) is 13.5. The highest BCUT2D eigenvalue weighted by atomic mass is 16.5. The van der Waals surface area contributed by atoms with Gasteiger partial charge < -0.3 is 19.9 Å². The summed E-state index contributed by atoms with van der Waals surface area (Å²) in [5.41, 5.74) is 1.16. The Morgan fingerprint density at radius 3 is 2.45 bits per heavy atom. The average molecular weight is 305 g/mol. The first kappa shape index (κ1) is 16.3. The van der Waals surface area contributed by atoms with E-state index in [2.05, 4.69) is 5.32 Å². The lowest BCUT2D eigenvalue weighted by molar-refractivity contribution is -0.0530. The molecule has 0 aliphatic carbocycles. The first-order valence-electron chi connectivity index (χ1n) is 7.40. The monoisotopic (exact) mass is 305 g/mol. The molecule has 1 aliphatic rings. The number of carbonyl (C=O) groups is 2. The number of amides is 3. The van der Waals surface area contributed by atoms with E-state index in [1.54, 1.807) is 43.3 Å². The van der Waals surface area contributed by atoms with Crippen molar-refractivity contribution in [3.05, 3.63) is 29.8 Å². The number of nitrogens with zero attached hydrogens (tertiary/aromatic N) is 2. The summed E-state index contributed by atoms with van der Waals surface area (Å²) in [6.45, 7) is 5.03. The Balaban J connectivity index is 2.05.